The van der Waals surface area contributed by atoms with E-state index in [2.05, 4.69) is 47.2 Å². The van der Waals surface area contributed by atoms with Crippen LogP contribution in [-0.4, -0.2) is 9.38 Å². The third-order valence-electron chi connectivity index (χ3n) is 2.98. The van der Waals surface area contributed by atoms with Crippen molar-refractivity contribution in [1.29, 1.82) is 0 Å². The smallest absolute Gasteiger partial charge is 0.195 e. The summed E-state index contributed by atoms with van der Waals surface area (Å²) < 4.78 is 2.23. The Bertz CT molecular complexity index is 746. The Morgan fingerprint density at radius 2 is 2.22 bits per heavy atom. The first-order valence-corrected chi connectivity index (χ1v) is 6.84. The maximum atomic E-state index is 4.67. The molecule has 3 rings (SSSR count). The van der Waals surface area contributed by atoms with Gasteiger partial charge in [-0.15, -0.1) is 11.3 Å². The Labute approximate surface area is 110 Å². The second-order valence-electron chi connectivity index (χ2n) is 4.08. The van der Waals surface area contributed by atoms with Crippen molar-refractivity contribution < 1.29 is 0 Å². The number of hydrogen-bond donors (Lipinski definition) is 0. The molecule has 2 nitrogen and oxygen atoms in total. The molecule has 0 unspecified atom stereocenters. The first kappa shape index (κ1) is 11.2. The molecule has 0 aliphatic heterocycles. The van der Waals surface area contributed by atoms with Crippen LogP contribution in [0.4, 0.5) is 0 Å². The predicted octanol–water partition coefficient (Wildman–Crippen LogP) is 4.31. The first-order valence-electron chi connectivity index (χ1n) is 6.03. The molecule has 0 atom stereocenters. The molecule has 0 saturated heterocycles. The molecule has 0 bridgehead atoms. The molecule has 18 heavy (non-hydrogen) atoms. The molecule has 0 aliphatic carbocycles. The summed E-state index contributed by atoms with van der Waals surface area (Å²) in [6.07, 6.45) is 6.93. The number of thiazole rings is 1. The van der Waals surface area contributed by atoms with Gasteiger partial charge < -0.3 is 0 Å². The van der Waals surface area contributed by atoms with Crippen LogP contribution in [0.15, 0.2) is 43.0 Å². The first-order chi connectivity index (χ1) is 8.85. The van der Waals surface area contributed by atoms with Crippen LogP contribution in [0.2, 0.25) is 0 Å². The van der Waals surface area contributed by atoms with Crippen molar-refractivity contribution in [2.24, 2.45) is 0 Å². The van der Waals surface area contributed by atoms with Crippen LogP contribution >= 0.6 is 11.3 Å². The highest BCUT2D eigenvalue weighted by atomic mass is 32.1. The molecule has 0 fully saturated rings. The molecule has 1 aromatic carbocycles. The van der Waals surface area contributed by atoms with Crippen molar-refractivity contribution in [3.63, 3.8) is 0 Å². The van der Waals surface area contributed by atoms with Gasteiger partial charge in [-0.25, -0.2) is 4.98 Å². The number of rotatable bonds is 3. The van der Waals surface area contributed by atoms with Crippen LogP contribution in [0.5, 0.6) is 0 Å². The lowest BCUT2D eigenvalue weighted by molar-refractivity contribution is 1.13. The molecule has 0 saturated carbocycles. The zero-order valence-corrected chi connectivity index (χ0v) is 11.1. The molecule has 3 aromatic rings. The van der Waals surface area contributed by atoms with Gasteiger partial charge in [-0.1, -0.05) is 37.8 Å². The van der Waals surface area contributed by atoms with E-state index in [9.17, 15) is 0 Å². The van der Waals surface area contributed by atoms with Gasteiger partial charge in [0, 0.05) is 4.88 Å². The van der Waals surface area contributed by atoms with Gasteiger partial charge in [-0.2, -0.15) is 0 Å². The Morgan fingerprint density at radius 3 is 3.00 bits per heavy atom. The van der Waals surface area contributed by atoms with Gasteiger partial charge in [0.15, 0.2) is 4.96 Å². The summed E-state index contributed by atoms with van der Waals surface area (Å²) in [5, 5.41) is 0. The zero-order valence-electron chi connectivity index (χ0n) is 10.3. The second-order valence-corrected chi connectivity index (χ2v) is 5.14. The van der Waals surface area contributed by atoms with Crippen molar-refractivity contribution in [2.45, 2.75) is 13.3 Å². The lowest BCUT2D eigenvalue weighted by Gasteiger charge is -1.97. The highest BCUT2D eigenvalue weighted by Crippen LogP contribution is 2.29. The normalized spacial score (nSPS) is 11.8. The molecule has 0 aliphatic rings. The van der Waals surface area contributed by atoms with Crippen LogP contribution in [0.3, 0.4) is 0 Å². The standard InChI is InChI=1S/C15H14N2S/c1-3-5-9-13-14(4-2)18-15-16-11-8-6-7-10-12(11)17(13)15/h3,5-10H,1,4H2,2H3/b9-5-. The number of nitrogens with zero attached hydrogens (tertiary/aromatic N) is 2. The minimum absolute atomic E-state index is 1.03. The van der Waals surface area contributed by atoms with E-state index in [0.29, 0.717) is 0 Å². The number of imidazole rings is 1. The Hall–Kier alpha value is -1.87. The molecule has 0 spiro atoms. The van der Waals surface area contributed by atoms with Gasteiger partial charge >= 0.3 is 0 Å². The highest BCUT2D eigenvalue weighted by Gasteiger charge is 2.13. The van der Waals surface area contributed by atoms with Crippen LogP contribution in [-0.2, 0) is 6.42 Å². The molecule has 2 heterocycles. The number of aromatic nitrogens is 2. The Morgan fingerprint density at radius 1 is 1.39 bits per heavy atom. The van der Waals surface area contributed by atoms with Crippen molar-refractivity contribution >= 4 is 33.4 Å². The minimum Gasteiger partial charge on any atom is -0.283 e. The number of hydrogen-bond acceptors (Lipinski definition) is 2. The van der Waals surface area contributed by atoms with Gasteiger partial charge in [-0.05, 0) is 24.6 Å². The summed E-state index contributed by atoms with van der Waals surface area (Å²) in [5.74, 6) is 0. The molecular formula is C15H14N2S. The topological polar surface area (TPSA) is 17.3 Å². The number of benzene rings is 1. The van der Waals surface area contributed by atoms with Crippen LogP contribution in [0.1, 0.15) is 17.5 Å². The maximum Gasteiger partial charge on any atom is 0.195 e. The molecular weight excluding hydrogens is 240 g/mol. The van der Waals surface area contributed by atoms with E-state index >= 15 is 0 Å². The van der Waals surface area contributed by atoms with Crippen LogP contribution in [0, 0.1) is 0 Å². The van der Waals surface area contributed by atoms with Crippen molar-refractivity contribution in [1.82, 2.24) is 9.38 Å². The van der Waals surface area contributed by atoms with Crippen molar-refractivity contribution in [3.05, 3.63) is 53.6 Å². The third kappa shape index (κ3) is 1.59. The van der Waals surface area contributed by atoms with E-state index in [1.165, 1.54) is 16.1 Å². The summed E-state index contributed by atoms with van der Waals surface area (Å²) in [6.45, 7) is 5.92. The summed E-state index contributed by atoms with van der Waals surface area (Å²) in [6, 6.07) is 8.26. The summed E-state index contributed by atoms with van der Waals surface area (Å²) >= 11 is 1.77. The van der Waals surface area contributed by atoms with E-state index in [1.807, 2.05) is 18.2 Å². The molecule has 0 amide bonds. The van der Waals surface area contributed by atoms with Gasteiger partial charge in [0.1, 0.15) is 0 Å². The SMILES string of the molecule is C=C/C=C\c1c(CC)sc2nc3ccccc3n12. The zero-order chi connectivity index (χ0) is 12.5. The fraction of sp³-hybridized carbons (Fsp3) is 0.133. The molecule has 3 heteroatoms. The molecule has 2 aromatic heterocycles. The number of para-hydroxylation sites is 2. The number of fused-ring (bicyclic) bond motifs is 3. The van der Waals surface area contributed by atoms with Crippen molar-refractivity contribution in [3.8, 4) is 0 Å². The predicted molar refractivity (Wildman–Crippen MR) is 79.2 cm³/mol. The van der Waals surface area contributed by atoms with E-state index < -0.39 is 0 Å². The molecule has 0 N–H and O–H groups in total. The summed E-state index contributed by atoms with van der Waals surface area (Å²) in [4.78, 5) is 7.10. The second kappa shape index (κ2) is 4.42. The van der Waals surface area contributed by atoms with Gasteiger partial charge in [0.2, 0.25) is 0 Å². The van der Waals surface area contributed by atoms with E-state index in [-0.39, 0.29) is 0 Å². The number of aryl methyl sites for hydroxylation is 1. The average molecular weight is 254 g/mol. The van der Waals surface area contributed by atoms with Crippen LogP contribution < -0.4 is 0 Å². The van der Waals surface area contributed by atoms with E-state index in [0.717, 1.165) is 16.9 Å². The minimum atomic E-state index is 1.03. The summed E-state index contributed by atoms with van der Waals surface area (Å²) in [5.41, 5.74) is 3.46. The molecule has 0 radical (unpaired) electrons. The molecule has 90 valence electrons. The van der Waals surface area contributed by atoms with Crippen molar-refractivity contribution in [2.75, 3.05) is 0 Å². The highest BCUT2D eigenvalue weighted by molar-refractivity contribution is 7.17. The fourth-order valence-corrected chi connectivity index (χ4v) is 3.23. The lowest BCUT2D eigenvalue weighted by atomic mass is 10.2. The number of allylic oxidation sites excluding steroid dienone is 2. The Kier molecular flexibility index (Phi) is 2.76. The van der Waals surface area contributed by atoms with E-state index in [4.69, 9.17) is 0 Å². The van der Waals surface area contributed by atoms with E-state index in [1.54, 1.807) is 11.3 Å². The lowest BCUT2D eigenvalue weighted by Crippen LogP contribution is -1.87. The quantitative estimate of drug-likeness (QED) is 0.637. The van der Waals surface area contributed by atoms with Crippen LogP contribution in [0.25, 0.3) is 22.1 Å². The average Bonchev–Trinajstić information content (AvgIpc) is 2.91. The Balaban J connectivity index is 2.40. The van der Waals surface area contributed by atoms with Gasteiger partial charge in [0.25, 0.3) is 0 Å². The van der Waals surface area contributed by atoms with Gasteiger partial charge in [-0.3, -0.25) is 4.40 Å². The summed E-state index contributed by atoms with van der Waals surface area (Å²) in [7, 11) is 0. The fourth-order valence-electron chi connectivity index (χ4n) is 2.17. The van der Waals surface area contributed by atoms with Gasteiger partial charge in [0.05, 0.1) is 16.7 Å². The third-order valence-corrected chi connectivity index (χ3v) is 4.18. The largest absolute Gasteiger partial charge is 0.283 e. The monoisotopic (exact) mass is 254 g/mol. The maximum absolute atomic E-state index is 4.67.